The number of carboxylic acids is 1. The van der Waals surface area contributed by atoms with Crippen molar-refractivity contribution in [2.45, 2.75) is 25.9 Å². The number of ether oxygens (including phenoxy) is 1. The molecule has 2 amide bonds. The normalized spacial score (nSPS) is 13.6. The number of hydrogen-bond donors (Lipinski definition) is 2. The zero-order chi connectivity index (χ0) is 15.1. The molecule has 1 heterocycles. The number of thiophene rings is 1. The van der Waals surface area contributed by atoms with E-state index in [0.29, 0.717) is 18.0 Å². The Morgan fingerprint density at radius 3 is 2.70 bits per heavy atom. The summed E-state index contributed by atoms with van der Waals surface area (Å²) in [5, 5.41) is 13.6. The molecule has 7 heteroatoms. The molecule has 1 aromatic heterocycles. The van der Waals surface area contributed by atoms with E-state index >= 15 is 0 Å². The zero-order valence-electron chi connectivity index (χ0n) is 11.8. The lowest BCUT2D eigenvalue weighted by atomic mass is 10.2. The highest BCUT2D eigenvalue weighted by Crippen LogP contribution is 2.19. The first-order valence-electron chi connectivity index (χ1n) is 6.33. The van der Waals surface area contributed by atoms with Gasteiger partial charge in [-0.15, -0.1) is 11.3 Å². The van der Waals surface area contributed by atoms with Gasteiger partial charge in [-0.3, -0.25) is 0 Å². The summed E-state index contributed by atoms with van der Waals surface area (Å²) < 4.78 is 5.03. The number of urea groups is 1. The van der Waals surface area contributed by atoms with Gasteiger partial charge >= 0.3 is 12.0 Å². The molecule has 2 atom stereocenters. The molecule has 0 aromatic carbocycles. The fourth-order valence-corrected chi connectivity index (χ4v) is 2.67. The van der Waals surface area contributed by atoms with Crippen LogP contribution in [0.4, 0.5) is 4.79 Å². The summed E-state index contributed by atoms with van der Waals surface area (Å²) in [6.45, 7) is 4.57. The first kappa shape index (κ1) is 16.5. The molecule has 0 spiro atoms. The van der Waals surface area contributed by atoms with Crippen LogP contribution in [0.1, 0.15) is 24.8 Å². The van der Waals surface area contributed by atoms with Crippen molar-refractivity contribution in [1.82, 2.24) is 10.2 Å². The van der Waals surface area contributed by atoms with Gasteiger partial charge in [-0.1, -0.05) is 6.07 Å². The van der Waals surface area contributed by atoms with Gasteiger partial charge in [0.25, 0.3) is 0 Å². The van der Waals surface area contributed by atoms with Crippen LogP contribution in [0.5, 0.6) is 0 Å². The van der Waals surface area contributed by atoms with Crippen LogP contribution in [-0.2, 0) is 9.53 Å². The van der Waals surface area contributed by atoms with Crippen molar-refractivity contribution < 1.29 is 19.4 Å². The van der Waals surface area contributed by atoms with Crippen molar-refractivity contribution in [3.8, 4) is 0 Å². The Bertz CT molecular complexity index is 436. The van der Waals surface area contributed by atoms with Gasteiger partial charge in [0.05, 0.1) is 12.6 Å². The Morgan fingerprint density at radius 1 is 1.55 bits per heavy atom. The zero-order valence-corrected chi connectivity index (χ0v) is 12.6. The highest BCUT2D eigenvalue weighted by Gasteiger charge is 2.26. The molecule has 0 fully saturated rings. The van der Waals surface area contributed by atoms with Crippen LogP contribution >= 0.6 is 11.3 Å². The first-order chi connectivity index (χ1) is 9.51. The molecule has 0 aliphatic heterocycles. The monoisotopic (exact) mass is 300 g/mol. The van der Waals surface area contributed by atoms with Crippen LogP contribution in [-0.4, -0.2) is 48.3 Å². The fraction of sp³-hybridized carbons (Fsp3) is 0.538. The number of rotatable bonds is 7. The number of carbonyl (C=O) groups excluding carboxylic acids is 1. The molecular formula is C13H20N2O4S. The number of methoxy groups -OCH3 is 1. The molecule has 0 saturated carbocycles. The van der Waals surface area contributed by atoms with Crippen molar-refractivity contribution >= 4 is 23.3 Å². The smallest absolute Gasteiger partial charge is 0.331 e. The van der Waals surface area contributed by atoms with Crippen LogP contribution in [0, 0.1) is 0 Å². The van der Waals surface area contributed by atoms with Gasteiger partial charge in [0.2, 0.25) is 0 Å². The summed E-state index contributed by atoms with van der Waals surface area (Å²) in [6, 6.07) is 1.90. The third kappa shape index (κ3) is 4.21. The average Bonchev–Trinajstić information content (AvgIpc) is 2.90. The molecule has 2 N–H and O–H groups in total. The Kier molecular flexibility index (Phi) is 6.47. The van der Waals surface area contributed by atoms with E-state index in [4.69, 9.17) is 4.74 Å². The minimum Gasteiger partial charge on any atom is -0.479 e. The topological polar surface area (TPSA) is 78.9 Å². The lowest BCUT2D eigenvalue weighted by Crippen LogP contribution is -2.48. The third-order valence-electron chi connectivity index (χ3n) is 2.88. The second-order valence-electron chi connectivity index (χ2n) is 4.33. The second-order valence-corrected chi connectivity index (χ2v) is 5.31. The summed E-state index contributed by atoms with van der Waals surface area (Å²) >= 11 is 1.30. The molecule has 0 aliphatic rings. The standard InChI is InChI=1S/C13H20N2O4S/c1-4-15(9(2)8-19-3)13(18)14-11(12(16)17)10-6-5-7-20-10/h5-7,9,11H,4,8H2,1-3H3,(H,14,18)(H,16,17). The van der Waals surface area contributed by atoms with Gasteiger partial charge in [-0.05, 0) is 25.3 Å². The number of likely N-dealkylation sites (N-methyl/N-ethyl adjacent to an activating group) is 1. The van der Waals surface area contributed by atoms with E-state index in [9.17, 15) is 14.7 Å². The molecule has 112 valence electrons. The quantitative estimate of drug-likeness (QED) is 0.806. The Labute approximate surface area is 122 Å². The largest absolute Gasteiger partial charge is 0.479 e. The summed E-state index contributed by atoms with van der Waals surface area (Å²) in [7, 11) is 1.56. The maximum atomic E-state index is 12.2. The summed E-state index contributed by atoms with van der Waals surface area (Å²) in [6.07, 6.45) is 0. The Morgan fingerprint density at radius 2 is 2.25 bits per heavy atom. The number of amides is 2. The van der Waals surface area contributed by atoms with Gasteiger partial charge < -0.3 is 20.1 Å². The fourth-order valence-electron chi connectivity index (χ4n) is 1.90. The molecule has 0 radical (unpaired) electrons. The van der Waals surface area contributed by atoms with Gasteiger partial charge in [-0.25, -0.2) is 9.59 Å². The highest BCUT2D eigenvalue weighted by molar-refractivity contribution is 7.10. The number of carboxylic acid groups (broad SMARTS) is 1. The highest BCUT2D eigenvalue weighted by atomic mass is 32.1. The number of aliphatic carboxylic acids is 1. The van der Waals surface area contributed by atoms with E-state index < -0.39 is 18.0 Å². The summed E-state index contributed by atoms with van der Waals surface area (Å²) in [5.41, 5.74) is 0. The van der Waals surface area contributed by atoms with Crippen LogP contribution in [0.2, 0.25) is 0 Å². The van der Waals surface area contributed by atoms with Crippen LogP contribution in [0.15, 0.2) is 17.5 Å². The van der Waals surface area contributed by atoms with Crippen LogP contribution in [0.3, 0.4) is 0 Å². The number of hydrogen-bond acceptors (Lipinski definition) is 4. The van der Waals surface area contributed by atoms with Crippen molar-refractivity contribution in [2.75, 3.05) is 20.3 Å². The molecule has 2 unspecified atom stereocenters. The van der Waals surface area contributed by atoms with E-state index in [1.807, 2.05) is 13.8 Å². The maximum Gasteiger partial charge on any atom is 0.331 e. The maximum absolute atomic E-state index is 12.2. The van der Waals surface area contributed by atoms with E-state index in [1.165, 1.54) is 11.3 Å². The van der Waals surface area contributed by atoms with Crippen molar-refractivity contribution in [2.24, 2.45) is 0 Å². The second kappa shape index (κ2) is 7.86. The lowest BCUT2D eigenvalue weighted by molar-refractivity contribution is -0.139. The minimum atomic E-state index is -1.07. The number of carbonyl (C=O) groups is 2. The van der Waals surface area contributed by atoms with E-state index in [-0.39, 0.29) is 6.04 Å². The molecule has 1 rings (SSSR count). The molecule has 6 nitrogen and oxygen atoms in total. The molecule has 0 aliphatic carbocycles. The van der Waals surface area contributed by atoms with Crippen LogP contribution in [0.25, 0.3) is 0 Å². The van der Waals surface area contributed by atoms with E-state index in [0.717, 1.165) is 0 Å². The van der Waals surface area contributed by atoms with Gasteiger partial charge in [0, 0.05) is 18.5 Å². The summed E-state index contributed by atoms with van der Waals surface area (Å²) in [5.74, 6) is -1.07. The molecular weight excluding hydrogens is 280 g/mol. The molecule has 20 heavy (non-hydrogen) atoms. The Hall–Kier alpha value is -1.60. The van der Waals surface area contributed by atoms with Gasteiger partial charge in [0.15, 0.2) is 6.04 Å². The van der Waals surface area contributed by atoms with Gasteiger partial charge in [-0.2, -0.15) is 0 Å². The SMILES string of the molecule is CCN(C(=O)NC(C(=O)O)c1cccs1)C(C)COC. The predicted molar refractivity (Wildman–Crippen MR) is 76.9 cm³/mol. The van der Waals surface area contributed by atoms with Crippen molar-refractivity contribution in [3.63, 3.8) is 0 Å². The molecule has 0 bridgehead atoms. The van der Waals surface area contributed by atoms with Crippen molar-refractivity contribution in [3.05, 3.63) is 22.4 Å². The number of nitrogens with zero attached hydrogens (tertiary/aromatic N) is 1. The Balaban J connectivity index is 2.77. The van der Waals surface area contributed by atoms with Crippen LogP contribution < -0.4 is 5.32 Å². The third-order valence-corrected chi connectivity index (χ3v) is 3.82. The number of nitrogens with one attached hydrogen (secondary N) is 1. The predicted octanol–water partition coefficient (Wildman–Crippen LogP) is 1.94. The minimum absolute atomic E-state index is 0.122. The first-order valence-corrected chi connectivity index (χ1v) is 7.21. The lowest BCUT2D eigenvalue weighted by Gasteiger charge is -2.29. The molecule has 1 aromatic rings. The van der Waals surface area contributed by atoms with Crippen molar-refractivity contribution in [1.29, 1.82) is 0 Å². The molecule has 0 saturated heterocycles. The average molecular weight is 300 g/mol. The van der Waals surface area contributed by atoms with Gasteiger partial charge in [0.1, 0.15) is 0 Å². The van der Waals surface area contributed by atoms with E-state index in [2.05, 4.69) is 5.32 Å². The van der Waals surface area contributed by atoms with E-state index in [1.54, 1.807) is 29.5 Å². The summed E-state index contributed by atoms with van der Waals surface area (Å²) in [4.78, 5) is 25.6.